The normalized spacial score (nSPS) is 14.7. The van der Waals surface area contributed by atoms with Gasteiger partial charge in [-0.25, -0.2) is 13.2 Å². The summed E-state index contributed by atoms with van der Waals surface area (Å²) >= 11 is 0. The minimum absolute atomic E-state index is 0.0613. The summed E-state index contributed by atoms with van der Waals surface area (Å²) in [6, 6.07) is 7.81. The van der Waals surface area contributed by atoms with Crippen LogP contribution in [0.15, 0.2) is 35.2 Å². The molecule has 1 saturated heterocycles. The Morgan fingerprint density at radius 1 is 0.967 bits per heavy atom. The van der Waals surface area contributed by atoms with Crippen molar-refractivity contribution >= 4 is 21.8 Å². The number of carbonyl (C=O) groups excluding carboxylic acids is 2. The van der Waals surface area contributed by atoms with Crippen LogP contribution in [0.3, 0.4) is 0 Å². The van der Waals surface area contributed by atoms with Gasteiger partial charge in [0.05, 0.1) is 10.5 Å². The average Bonchev–Trinajstić information content (AvgIpc) is 3.26. The summed E-state index contributed by atoms with van der Waals surface area (Å²) in [5, 5.41) is 0. The maximum absolute atomic E-state index is 12.7. The Bertz CT molecular complexity index is 1070. The van der Waals surface area contributed by atoms with Crippen LogP contribution in [0.2, 0.25) is 0 Å². The highest BCUT2D eigenvalue weighted by atomic mass is 32.2. The van der Waals surface area contributed by atoms with Gasteiger partial charge < -0.3 is 4.74 Å². The highest BCUT2D eigenvalue weighted by Gasteiger charge is 2.28. The van der Waals surface area contributed by atoms with E-state index in [0.717, 1.165) is 35.1 Å². The molecule has 7 heteroatoms. The Hall–Kier alpha value is -2.51. The van der Waals surface area contributed by atoms with Crippen LogP contribution in [-0.4, -0.2) is 44.2 Å². The number of ether oxygens (including phenoxy) is 1. The van der Waals surface area contributed by atoms with E-state index in [0.29, 0.717) is 18.7 Å². The van der Waals surface area contributed by atoms with Gasteiger partial charge in [-0.3, -0.25) is 4.79 Å². The number of rotatable bonds is 6. The Balaban J connectivity index is 1.76. The molecule has 0 N–H and O–H groups in total. The zero-order valence-electron chi connectivity index (χ0n) is 17.8. The van der Waals surface area contributed by atoms with Crippen LogP contribution >= 0.6 is 0 Å². The first-order valence-electron chi connectivity index (χ1n) is 10.0. The van der Waals surface area contributed by atoms with Crippen molar-refractivity contribution in [1.29, 1.82) is 0 Å². The molecule has 0 amide bonds. The summed E-state index contributed by atoms with van der Waals surface area (Å²) in [6.07, 6.45) is 1.67. The van der Waals surface area contributed by atoms with Crippen molar-refractivity contribution in [3.8, 4) is 0 Å². The lowest BCUT2D eigenvalue weighted by Gasteiger charge is -2.16. The second-order valence-corrected chi connectivity index (χ2v) is 9.71. The number of ketones is 1. The number of carbonyl (C=O) groups is 2. The van der Waals surface area contributed by atoms with Crippen molar-refractivity contribution in [3.05, 3.63) is 63.7 Å². The van der Waals surface area contributed by atoms with Gasteiger partial charge in [0.25, 0.3) is 0 Å². The van der Waals surface area contributed by atoms with Crippen molar-refractivity contribution in [2.24, 2.45) is 0 Å². The van der Waals surface area contributed by atoms with Crippen molar-refractivity contribution in [2.45, 2.75) is 45.4 Å². The number of hydrogen-bond donors (Lipinski definition) is 0. The van der Waals surface area contributed by atoms with E-state index >= 15 is 0 Å². The van der Waals surface area contributed by atoms with Crippen LogP contribution in [-0.2, 0) is 14.8 Å². The number of nitrogens with zero attached hydrogens (tertiary/aromatic N) is 1. The number of sulfonamides is 1. The molecular formula is C23H27NO5S. The number of hydrogen-bond acceptors (Lipinski definition) is 5. The summed E-state index contributed by atoms with van der Waals surface area (Å²) in [6.45, 7) is 8.22. The fourth-order valence-electron chi connectivity index (χ4n) is 3.78. The molecule has 0 spiro atoms. The van der Waals surface area contributed by atoms with E-state index < -0.39 is 22.6 Å². The zero-order valence-corrected chi connectivity index (χ0v) is 18.6. The van der Waals surface area contributed by atoms with Gasteiger partial charge >= 0.3 is 5.97 Å². The predicted octanol–water partition coefficient (Wildman–Crippen LogP) is 3.74. The smallest absolute Gasteiger partial charge is 0.338 e. The second kappa shape index (κ2) is 8.70. The monoisotopic (exact) mass is 429 g/mol. The van der Waals surface area contributed by atoms with E-state index in [9.17, 15) is 18.0 Å². The van der Waals surface area contributed by atoms with E-state index in [1.807, 2.05) is 33.8 Å². The molecule has 0 aromatic heterocycles. The van der Waals surface area contributed by atoms with Crippen molar-refractivity contribution in [1.82, 2.24) is 4.31 Å². The van der Waals surface area contributed by atoms with Crippen LogP contribution in [0, 0.1) is 27.7 Å². The molecule has 0 saturated carbocycles. The Morgan fingerprint density at radius 3 is 2.17 bits per heavy atom. The van der Waals surface area contributed by atoms with E-state index in [4.69, 9.17) is 4.74 Å². The highest BCUT2D eigenvalue weighted by Crippen LogP contribution is 2.23. The minimum Gasteiger partial charge on any atom is -0.454 e. The lowest BCUT2D eigenvalue weighted by Crippen LogP contribution is -2.28. The van der Waals surface area contributed by atoms with Gasteiger partial charge in [-0.15, -0.1) is 0 Å². The maximum atomic E-state index is 12.7. The lowest BCUT2D eigenvalue weighted by molar-refractivity contribution is 0.0474. The molecule has 0 bridgehead atoms. The molecule has 0 radical (unpaired) electrons. The molecule has 1 aliphatic rings. The van der Waals surface area contributed by atoms with E-state index in [-0.39, 0.29) is 16.2 Å². The summed E-state index contributed by atoms with van der Waals surface area (Å²) in [5.41, 5.74) is 4.44. The van der Waals surface area contributed by atoms with Crippen molar-refractivity contribution in [2.75, 3.05) is 19.7 Å². The largest absolute Gasteiger partial charge is 0.454 e. The first-order valence-corrected chi connectivity index (χ1v) is 11.4. The van der Waals surface area contributed by atoms with Crippen LogP contribution in [0.5, 0.6) is 0 Å². The number of esters is 1. The first-order chi connectivity index (χ1) is 14.1. The predicted molar refractivity (Wildman–Crippen MR) is 114 cm³/mol. The van der Waals surface area contributed by atoms with E-state index in [1.54, 1.807) is 0 Å². The van der Waals surface area contributed by atoms with Crippen LogP contribution in [0.25, 0.3) is 0 Å². The van der Waals surface area contributed by atoms with Gasteiger partial charge in [0.1, 0.15) is 0 Å². The number of aryl methyl sites for hydroxylation is 2. The fraction of sp³-hybridized carbons (Fsp3) is 0.391. The quantitative estimate of drug-likeness (QED) is 0.516. The minimum atomic E-state index is -3.63. The average molecular weight is 430 g/mol. The summed E-state index contributed by atoms with van der Waals surface area (Å²) in [5.74, 6) is -0.993. The van der Waals surface area contributed by atoms with Crippen molar-refractivity contribution in [3.63, 3.8) is 0 Å². The molecule has 1 heterocycles. The summed E-state index contributed by atoms with van der Waals surface area (Å²) in [4.78, 5) is 25.3. The standard InChI is InChI=1S/C23H27NO5S/c1-15-12-16(2)18(4)22(17(15)3)21(25)14-29-23(26)19-8-7-9-20(13-19)30(27,28)24-10-5-6-11-24/h7-9,12-13H,5-6,10-11,14H2,1-4H3. The molecule has 3 rings (SSSR count). The first kappa shape index (κ1) is 22.2. The Labute approximate surface area is 177 Å². The highest BCUT2D eigenvalue weighted by molar-refractivity contribution is 7.89. The zero-order chi connectivity index (χ0) is 22.1. The number of benzene rings is 2. The molecule has 0 aliphatic carbocycles. The Morgan fingerprint density at radius 2 is 1.57 bits per heavy atom. The van der Waals surface area contributed by atoms with Gasteiger partial charge in [0, 0.05) is 18.7 Å². The second-order valence-electron chi connectivity index (χ2n) is 7.77. The Kier molecular flexibility index (Phi) is 6.43. The summed E-state index contributed by atoms with van der Waals surface area (Å²) < 4.78 is 32.1. The maximum Gasteiger partial charge on any atom is 0.338 e. The molecule has 2 aromatic carbocycles. The van der Waals surface area contributed by atoms with Gasteiger partial charge in [-0.05, 0) is 81.0 Å². The molecule has 160 valence electrons. The molecule has 1 aliphatic heterocycles. The van der Waals surface area contributed by atoms with Gasteiger partial charge in [0.15, 0.2) is 6.61 Å². The van der Waals surface area contributed by atoms with Gasteiger partial charge in [-0.1, -0.05) is 12.1 Å². The molecule has 2 aromatic rings. The summed E-state index contributed by atoms with van der Waals surface area (Å²) in [7, 11) is -3.63. The van der Waals surface area contributed by atoms with Crippen molar-refractivity contribution < 1.29 is 22.7 Å². The number of Topliss-reactive ketones (excluding diaryl/α,β-unsaturated/α-hetero) is 1. The fourth-order valence-corrected chi connectivity index (χ4v) is 5.35. The van der Waals surface area contributed by atoms with E-state index in [2.05, 4.69) is 0 Å². The topological polar surface area (TPSA) is 80.8 Å². The third-order valence-electron chi connectivity index (χ3n) is 5.75. The van der Waals surface area contributed by atoms with Gasteiger partial charge in [0.2, 0.25) is 15.8 Å². The molecule has 1 fully saturated rings. The third-order valence-corrected chi connectivity index (χ3v) is 7.65. The SMILES string of the molecule is Cc1cc(C)c(C)c(C(=O)COC(=O)c2cccc(S(=O)(=O)N3CCCC3)c2)c1C. The van der Waals surface area contributed by atoms with Crippen LogP contribution in [0.1, 0.15) is 55.8 Å². The molecule has 0 atom stereocenters. The molecule has 0 unspecified atom stereocenters. The third kappa shape index (κ3) is 4.32. The lowest BCUT2D eigenvalue weighted by atomic mass is 9.92. The van der Waals surface area contributed by atoms with Crippen LogP contribution in [0.4, 0.5) is 0 Å². The van der Waals surface area contributed by atoms with Crippen LogP contribution < -0.4 is 0 Å². The molecule has 30 heavy (non-hydrogen) atoms. The molecule has 6 nitrogen and oxygen atoms in total. The van der Waals surface area contributed by atoms with E-state index in [1.165, 1.54) is 28.6 Å². The van der Waals surface area contributed by atoms with Gasteiger partial charge in [-0.2, -0.15) is 4.31 Å². The molecular weight excluding hydrogens is 402 g/mol.